The molecule has 0 aliphatic carbocycles. The number of hydrogen-bond donors (Lipinski definition) is 0. The highest BCUT2D eigenvalue weighted by molar-refractivity contribution is 5.27. The molecular weight excluding hydrogens is 271 g/mol. The van der Waals surface area contributed by atoms with Crippen molar-refractivity contribution in [3.05, 3.63) is 29.8 Å². The fourth-order valence-corrected chi connectivity index (χ4v) is 2.47. The summed E-state index contributed by atoms with van der Waals surface area (Å²) in [5.74, 6) is -0.190. The van der Waals surface area contributed by atoms with Crippen LogP contribution in [0.3, 0.4) is 0 Å². The zero-order valence-corrected chi connectivity index (χ0v) is 11.5. The molecular formula is C14H18F3NO2. The maximum atomic E-state index is 12.1. The van der Waals surface area contributed by atoms with Gasteiger partial charge in [0.15, 0.2) is 0 Å². The molecule has 20 heavy (non-hydrogen) atoms. The van der Waals surface area contributed by atoms with Gasteiger partial charge in [-0.15, -0.1) is 13.2 Å². The standard InChI is InChI=1S/C14H18F3NO2/c1-10-7-18(8-11(2)19-10)9-12-3-5-13(6-4-12)20-14(15,16)17/h3-6,10-11H,7-9H2,1-2H3. The third-order valence-corrected chi connectivity index (χ3v) is 3.06. The minimum Gasteiger partial charge on any atom is -0.406 e. The van der Waals surface area contributed by atoms with Crippen LogP contribution in [0.15, 0.2) is 24.3 Å². The van der Waals surface area contributed by atoms with Gasteiger partial charge in [0.2, 0.25) is 0 Å². The van der Waals surface area contributed by atoms with Gasteiger partial charge in [0.05, 0.1) is 12.2 Å². The van der Waals surface area contributed by atoms with Crippen LogP contribution in [0.5, 0.6) is 5.75 Å². The SMILES string of the molecule is CC1CN(Cc2ccc(OC(F)(F)F)cc2)CC(C)O1. The predicted octanol–water partition coefficient (Wildman–Crippen LogP) is 3.19. The van der Waals surface area contributed by atoms with E-state index in [4.69, 9.17) is 4.74 Å². The molecule has 1 aliphatic heterocycles. The molecule has 0 spiro atoms. The first-order valence-electron chi connectivity index (χ1n) is 6.54. The van der Waals surface area contributed by atoms with Gasteiger partial charge in [0, 0.05) is 19.6 Å². The first-order chi connectivity index (χ1) is 9.32. The number of benzene rings is 1. The van der Waals surface area contributed by atoms with E-state index in [-0.39, 0.29) is 18.0 Å². The van der Waals surface area contributed by atoms with E-state index in [0.29, 0.717) is 6.54 Å². The van der Waals surface area contributed by atoms with Crippen LogP contribution in [0.2, 0.25) is 0 Å². The Morgan fingerprint density at radius 3 is 2.20 bits per heavy atom. The number of halogens is 3. The van der Waals surface area contributed by atoms with Gasteiger partial charge in [-0.1, -0.05) is 12.1 Å². The van der Waals surface area contributed by atoms with E-state index in [0.717, 1.165) is 18.7 Å². The molecule has 112 valence electrons. The molecule has 2 unspecified atom stereocenters. The van der Waals surface area contributed by atoms with Crippen molar-refractivity contribution < 1.29 is 22.6 Å². The number of alkyl halides is 3. The molecule has 1 aromatic carbocycles. The lowest BCUT2D eigenvalue weighted by atomic mass is 10.1. The van der Waals surface area contributed by atoms with Gasteiger partial charge in [-0.2, -0.15) is 0 Å². The van der Waals surface area contributed by atoms with E-state index in [1.807, 2.05) is 13.8 Å². The molecule has 0 amide bonds. The first-order valence-corrected chi connectivity index (χ1v) is 6.54. The van der Waals surface area contributed by atoms with E-state index in [1.165, 1.54) is 12.1 Å². The van der Waals surface area contributed by atoms with Crippen molar-refractivity contribution in [2.45, 2.75) is 39.0 Å². The van der Waals surface area contributed by atoms with Gasteiger partial charge in [-0.3, -0.25) is 4.90 Å². The van der Waals surface area contributed by atoms with Crippen LogP contribution in [0.1, 0.15) is 19.4 Å². The molecule has 1 aliphatic rings. The van der Waals surface area contributed by atoms with E-state index < -0.39 is 6.36 Å². The van der Waals surface area contributed by atoms with Crippen LogP contribution in [-0.2, 0) is 11.3 Å². The quantitative estimate of drug-likeness (QED) is 0.853. The number of ether oxygens (including phenoxy) is 2. The Hall–Kier alpha value is -1.27. The minimum atomic E-state index is -4.64. The predicted molar refractivity (Wildman–Crippen MR) is 68.4 cm³/mol. The van der Waals surface area contributed by atoms with E-state index in [1.54, 1.807) is 12.1 Å². The topological polar surface area (TPSA) is 21.7 Å². The number of nitrogens with zero attached hydrogens (tertiary/aromatic N) is 1. The molecule has 1 heterocycles. The lowest BCUT2D eigenvalue weighted by molar-refractivity contribution is -0.274. The van der Waals surface area contributed by atoms with Gasteiger partial charge in [0.1, 0.15) is 5.75 Å². The van der Waals surface area contributed by atoms with Crippen molar-refractivity contribution >= 4 is 0 Å². The molecule has 0 bridgehead atoms. The molecule has 3 nitrogen and oxygen atoms in total. The van der Waals surface area contributed by atoms with Gasteiger partial charge in [-0.25, -0.2) is 0 Å². The smallest absolute Gasteiger partial charge is 0.406 e. The Balaban J connectivity index is 1.93. The molecule has 0 saturated carbocycles. The summed E-state index contributed by atoms with van der Waals surface area (Å²) in [4.78, 5) is 2.23. The summed E-state index contributed by atoms with van der Waals surface area (Å²) in [5, 5.41) is 0. The number of hydrogen-bond acceptors (Lipinski definition) is 3. The zero-order valence-electron chi connectivity index (χ0n) is 11.5. The third-order valence-electron chi connectivity index (χ3n) is 3.06. The van der Waals surface area contributed by atoms with Crippen LogP contribution in [0.4, 0.5) is 13.2 Å². The molecule has 1 saturated heterocycles. The number of rotatable bonds is 3. The summed E-state index contributed by atoms with van der Waals surface area (Å²) in [6, 6.07) is 6.00. The Morgan fingerprint density at radius 2 is 1.70 bits per heavy atom. The molecule has 2 atom stereocenters. The second kappa shape index (κ2) is 6.01. The summed E-state index contributed by atoms with van der Waals surface area (Å²) in [5.41, 5.74) is 0.959. The Bertz CT molecular complexity index is 423. The summed E-state index contributed by atoms with van der Waals surface area (Å²) in [7, 11) is 0. The monoisotopic (exact) mass is 289 g/mol. The Kier molecular flexibility index (Phi) is 4.55. The Morgan fingerprint density at radius 1 is 1.15 bits per heavy atom. The normalized spacial score (nSPS) is 24.6. The Labute approximate surface area is 116 Å². The molecule has 6 heteroatoms. The van der Waals surface area contributed by atoms with Crippen LogP contribution >= 0.6 is 0 Å². The molecule has 1 fully saturated rings. The average molecular weight is 289 g/mol. The summed E-state index contributed by atoms with van der Waals surface area (Å²) in [6.45, 7) is 6.38. The first kappa shape index (κ1) is 15.1. The fraction of sp³-hybridized carbons (Fsp3) is 0.571. The second-order valence-electron chi connectivity index (χ2n) is 5.14. The van der Waals surface area contributed by atoms with Crippen molar-refractivity contribution in [3.8, 4) is 5.75 Å². The van der Waals surface area contributed by atoms with Crippen LogP contribution in [0.25, 0.3) is 0 Å². The third kappa shape index (κ3) is 4.68. The lowest BCUT2D eigenvalue weighted by Crippen LogP contribution is -2.44. The van der Waals surface area contributed by atoms with Crippen LogP contribution in [-0.4, -0.2) is 36.6 Å². The highest BCUT2D eigenvalue weighted by Crippen LogP contribution is 2.23. The van der Waals surface area contributed by atoms with Gasteiger partial charge >= 0.3 is 6.36 Å². The van der Waals surface area contributed by atoms with Gasteiger partial charge in [-0.05, 0) is 31.5 Å². The molecule has 1 aromatic rings. The molecule has 0 aromatic heterocycles. The van der Waals surface area contributed by atoms with Gasteiger partial charge in [0.25, 0.3) is 0 Å². The van der Waals surface area contributed by atoms with Gasteiger partial charge < -0.3 is 9.47 Å². The average Bonchev–Trinajstić information content (AvgIpc) is 2.28. The highest BCUT2D eigenvalue weighted by atomic mass is 19.4. The highest BCUT2D eigenvalue weighted by Gasteiger charge is 2.31. The summed E-state index contributed by atoms with van der Waals surface area (Å²) < 4.78 is 45.7. The van der Waals surface area contributed by atoms with Crippen molar-refractivity contribution in [2.24, 2.45) is 0 Å². The van der Waals surface area contributed by atoms with E-state index >= 15 is 0 Å². The zero-order chi connectivity index (χ0) is 14.8. The minimum absolute atomic E-state index is 0.173. The lowest BCUT2D eigenvalue weighted by Gasteiger charge is -2.35. The largest absolute Gasteiger partial charge is 0.573 e. The summed E-state index contributed by atoms with van der Waals surface area (Å²) in [6.07, 6.45) is -4.30. The van der Waals surface area contributed by atoms with E-state index in [2.05, 4.69) is 9.64 Å². The molecule has 2 rings (SSSR count). The maximum absolute atomic E-state index is 12.1. The fourth-order valence-electron chi connectivity index (χ4n) is 2.47. The van der Waals surface area contributed by atoms with Crippen molar-refractivity contribution in [1.82, 2.24) is 4.90 Å². The number of morpholine rings is 1. The van der Waals surface area contributed by atoms with Crippen molar-refractivity contribution in [2.75, 3.05) is 13.1 Å². The van der Waals surface area contributed by atoms with Crippen LogP contribution in [0, 0.1) is 0 Å². The second-order valence-corrected chi connectivity index (χ2v) is 5.14. The summed E-state index contributed by atoms with van der Waals surface area (Å²) >= 11 is 0. The maximum Gasteiger partial charge on any atom is 0.573 e. The van der Waals surface area contributed by atoms with Crippen molar-refractivity contribution in [3.63, 3.8) is 0 Å². The molecule has 0 radical (unpaired) electrons. The van der Waals surface area contributed by atoms with Crippen molar-refractivity contribution in [1.29, 1.82) is 0 Å². The van der Waals surface area contributed by atoms with E-state index in [9.17, 15) is 13.2 Å². The molecule has 0 N–H and O–H groups in total. The van der Waals surface area contributed by atoms with Crippen LogP contribution < -0.4 is 4.74 Å².